The van der Waals surface area contributed by atoms with Crippen LogP contribution in [0.15, 0.2) is 48.5 Å². The normalized spacial score (nSPS) is 10.8. The molecule has 0 spiro atoms. The van der Waals surface area contributed by atoms with Gasteiger partial charge in [0.2, 0.25) is 5.91 Å². The summed E-state index contributed by atoms with van der Waals surface area (Å²) in [4.78, 5) is 18.6. The van der Waals surface area contributed by atoms with Crippen LogP contribution >= 0.6 is 11.3 Å². The van der Waals surface area contributed by atoms with Crippen molar-refractivity contribution in [3.63, 3.8) is 0 Å². The molecule has 3 aromatic rings. The smallest absolute Gasteiger partial charge is 0.232 e. The van der Waals surface area contributed by atoms with Crippen LogP contribution in [0.4, 0.5) is 5.13 Å². The van der Waals surface area contributed by atoms with Gasteiger partial charge >= 0.3 is 0 Å². The number of carbonyl (C=O) groups is 1. The molecule has 0 fully saturated rings. The van der Waals surface area contributed by atoms with Crippen LogP contribution in [-0.4, -0.2) is 17.9 Å². The van der Waals surface area contributed by atoms with E-state index in [2.05, 4.69) is 4.98 Å². The van der Waals surface area contributed by atoms with Gasteiger partial charge in [0.05, 0.1) is 16.6 Å². The quantitative estimate of drug-likeness (QED) is 0.736. The number of hydrogen-bond acceptors (Lipinski definition) is 3. The van der Waals surface area contributed by atoms with E-state index in [0.29, 0.717) is 6.42 Å². The number of para-hydroxylation sites is 1. The number of hydrogen-bond donors (Lipinski definition) is 0. The molecule has 0 bridgehead atoms. The molecule has 4 heteroatoms. The van der Waals surface area contributed by atoms with Crippen LogP contribution in [0, 0.1) is 6.92 Å². The van der Waals surface area contributed by atoms with Crippen LogP contribution in [0.25, 0.3) is 10.2 Å². The average molecular weight is 296 g/mol. The van der Waals surface area contributed by atoms with Crippen LogP contribution in [0.1, 0.15) is 11.1 Å². The Morgan fingerprint density at radius 3 is 2.62 bits per heavy atom. The number of benzene rings is 2. The fourth-order valence-corrected chi connectivity index (χ4v) is 3.14. The van der Waals surface area contributed by atoms with Crippen molar-refractivity contribution < 1.29 is 4.79 Å². The van der Waals surface area contributed by atoms with E-state index in [9.17, 15) is 4.79 Å². The summed E-state index contributed by atoms with van der Waals surface area (Å²) in [5, 5.41) is 0.745. The van der Waals surface area contributed by atoms with Gasteiger partial charge in [0.25, 0.3) is 0 Å². The van der Waals surface area contributed by atoms with Crippen LogP contribution in [0.2, 0.25) is 0 Å². The second-order valence-electron chi connectivity index (χ2n) is 5.02. The number of anilines is 1. The standard InChI is InChI=1S/C17H16N2OS/c1-12-7-3-4-8-13(12)11-16(20)19(2)17-18-14-9-5-6-10-15(14)21-17/h3-10H,11H2,1-2H3. The zero-order chi connectivity index (χ0) is 14.8. The highest BCUT2D eigenvalue weighted by Gasteiger charge is 2.16. The van der Waals surface area contributed by atoms with Crippen molar-refractivity contribution in [2.75, 3.05) is 11.9 Å². The van der Waals surface area contributed by atoms with Gasteiger partial charge in [-0.2, -0.15) is 0 Å². The summed E-state index contributed by atoms with van der Waals surface area (Å²) in [6, 6.07) is 15.9. The van der Waals surface area contributed by atoms with Crippen LogP contribution in [0.3, 0.4) is 0 Å². The second kappa shape index (κ2) is 5.66. The molecule has 0 saturated heterocycles. The molecule has 0 aliphatic carbocycles. The molecule has 1 heterocycles. The molecule has 0 aliphatic rings. The molecule has 0 unspecified atom stereocenters. The highest BCUT2D eigenvalue weighted by Crippen LogP contribution is 2.28. The van der Waals surface area contributed by atoms with Crippen molar-refractivity contribution >= 4 is 32.6 Å². The Kier molecular flexibility index (Phi) is 3.71. The van der Waals surface area contributed by atoms with Gasteiger partial charge in [0.15, 0.2) is 5.13 Å². The monoisotopic (exact) mass is 296 g/mol. The van der Waals surface area contributed by atoms with E-state index in [1.54, 1.807) is 23.3 Å². The number of rotatable bonds is 3. The van der Waals surface area contributed by atoms with Crippen molar-refractivity contribution in [1.82, 2.24) is 4.98 Å². The SMILES string of the molecule is Cc1ccccc1CC(=O)N(C)c1nc2ccccc2s1. The number of amides is 1. The third kappa shape index (κ3) is 2.81. The Morgan fingerprint density at radius 1 is 1.14 bits per heavy atom. The summed E-state index contributed by atoms with van der Waals surface area (Å²) in [6.07, 6.45) is 0.402. The molecule has 0 saturated carbocycles. The molecule has 106 valence electrons. The van der Waals surface area contributed by atoms with Crippen molar-refractivity contribution in [1.29, 1.82) is 0 Å². The Morgan fingerprint density at radius 2 is 1.86 bits per heavy atom. The minimum Gasteiger partial charge on any atom is -0.291 e. The first-order chi connectivity index (χ1) is 10.1. The van der Waals surface area contributed by atoms with Gasteiger partial charge in [-0.25, -0.2) is 4.98 Å². The molecule has 0 N–H and O–H groups in total. The second-order valence-corrected chi connectivity index (χ2v) is 6.03. The summed E-state index contributed by atoms with van der Waals surface area (Å²) in [5.74, 6) is 0.0587. The first-order valence-electron chi connectivity index (χ1n) is 6.82. The summed E-state index contributed by atoms with van der Waals surface area (Å²) in [6.45, 7) is 2.03. The maximum atomic E-state index is 12.4. The van der Waals surface area contributed by atoms with E-state index in [1.165, 1.54) is 0 Å². The molecular weight excluding hydrogens is 280 g/mol. The van der Waals surface area contributed by atoms with Gasteiger partial charge in [-0.3, -0.25) is 9.69 Å². The van der Waals surface area contributed by atoms with Crippen LogP contribution in [0.5, 0.6) is 0 Å². The lowest BCUT2D eigenvalue weighted by Crippen LogP contribution is -2.27. The predicted molar refractivity (Wildman–Crippen MR) is 87.9 cm³/mol. The summed E-state index contributed by atoms with van der Waals surface area (Å²) < 4.78 is 1.10. The van der Waals surface area contributed by atoms with Gasteiger partial charge in [-0.1, -0.05) is 47.7 Å². The summed E-state index contributed by atoms with van der Waals surface area (Å²) in [5.41, 5.74) is 3.15. The Bertz CT molecular complexity index is 761. The number of aromatic nitrogens is 1. The molecule has 0 radical (unpaired) electrons. The van der Waals surface area contributed by atoms with E-state index in [4.69, 9.17) is 0 Å². The van der Waals surface area contributed by atoms with Crippen LogP contribution in [-0.2, 0) is 11.2 Å². The van der Waals surface area contributed by atoms with Gasteiger partial charge in [0, 0.05) is 7.05 Å². The number of aryl methyl sites for hydroxylation is 1. The van der Waals surface area contributed by atoms with E-state index in [-0.39, 0.29) is 5.91 Å². The maximum Gasteiger partial charge on any atom is 0.232 e. The van der Waals surface area contributed by atoms with Crippen molar-refractivity contribution in [3.8, 4) is 0 Å². The number of fused-ring (bicyclic) bond motifs is 1. The van der Waals surface area contributed by atoms with E-state index in [1.807, 2.05) is 55.5 Å². The topological polar surface area (TPSA) is 33.2 Å². The molecule has 21 heavy (non-hydrogen) atoms. The lowest BCUT2D eigenvalue weighted by atomic mass is 10.1. The van der Waals surface area contributed by atoms with Gasteiger partial charge in [-0.05, 0) is 30.2 Å². The third-order valence-electron chi connectivity index (χ3n) is 3.55. The van der Waals surface area contributed by atoms with E-state index >= 15 is 0 Å². The maximum absolute atomic E-state index is 12.4. The zero-order valence-electron chi connectivity index (χ0n) is 12.0. The fourth-order valence-electron chi connectivity index (χ4n) is 2.20. The van der Waals surface area contributed by atoms with Crippen molar-refractivity contribution in [2.24, 2.45) is 0 Å². The van der Waals surface area contributed by atoms with Gasteiger partial charge < -0.3 is 0 Å². The largest absolute Gasteiger partial charge is 0.291 e. The Balaban J connectivity index is 1.82. The first-order valence-corrected chi connectivity index (χ1v) is 7.63. The highest BCUT2D eigenvalue weighted by molar-refractivity contribution is 7.22. The fraction of sp³-hybridized carbons (Fsp3) is 0.176. The predicted octanol–water partition coefficient (Wildman–Crippen LogP) is 3.81. The molecular formula is C17H16N2OS. The number of likely N-dealkylation sites (N-methyl/N-ethyl adjacent to an activating group) is 1. The number of thiazole rings is 1. The zero-order valence-corrected chi connectivity index (χ0v) is 12.9. The van der Waals surface area contributed by atoms with E-state index < -0.39 is 0 Å². The minimum absolute atomic E-state index is 0.0587. The average Bonchev–Trinajstić information content (AvgIpc) is 2.92. The molecule has 0 atom stereocenters. The molecule has 2 aromatic carbocycles. The highest BCUT2D eigenvalue weighted by atomic mass is 32.1. The first kappa shape index (κ1) is 13.8. The number of carbonyl (C=O) groups excluding carboxylic acids is 1. The van der Waals surface area contributed by atoms with Gasteiger partial charge in [0.1, 0.15) is 0 Å². The van der Waals surface area contributed by atoms with Crippen LogP contribution < -0.4 is 4.90 Å². The minimum atomic E-state index is 0.0587. The molecule has 3 nitrogen and oxygen atoms in total. The van der Waals surface area contributed by atoms with Gasteiger partial charge in [-0.15, -0.1) is 0 Å². The van der Waals surface area contributed by atoms with E-state index in [0.717, 1.165) is 26.5 Å². The summed E-state index contributed by atoms with van der Waals surface area (Å²) in [7, 11) is 1.79. The Labute approximate surface area is 127 Å². The lowest BCUT2D eigenvalue weighted by molar-refractivity contribution is -0.117. The van der Waals surface area contributed by atoms with Crippen molar-refractivity contribution in [3.05, 3.63) is 59.7 Å². The molecule has 1 amide bonds. The molecule has 3 rings (SSSR count). The lowest BCUT2D eigenvalue weighted by Gasteiger charge is -2.14. The Hall–Kier alpha value is -2.20. The third-order valence-corrected chi connectivity index (χ3v) is 4.66. The van der Waals surface area contributed by atoms with Crippen molar-refractivity contribution in [2.45, 2.75) is 13.3 Å². The number of nitrogens with zero attached hydrogens (tertiary/aromatic N) is 2. The molecule has 0 aliphatic heterocycles. The summed E-state index contributed by atoms with van der Waals surface area (Å²) >= 11 is 1.54. The molecule has 1 aromatic heterocycles.